The van der Waals surface area contributed by atoms with Gasteiger partial charge >= 0.3 is 6.03 Å². The van der Waals surface area contributed by atoms with E-state index in [4.69, 9.17) is 0 Å². The first-order valence-corrected chi connectivity index (χ1v) is 9.03. The summed E-state index contributed by atoms with van der Waals surface area (Å²) in [6.45, 7) is 5.07. The van der Waals surface area contributed by atoms with Gasteiger partial charge < -0.3 is 10.6 Å². The number of hydrogen-bond donors (Lipinski definition) is 2. The van der Waals surface area contributed by atoms with Crippen molar-refractivity contribution in [2.75, 3.05) is 0 Å². The fourth-order valence-electron chi connectivity index (χ4n) is 2.52. The molecule has 0 fully saturated rings. The first-order valence-electron chi connectivity index (χ1n) is 8.21. The molecule has 0 atom stereocenters. The van der Waals surface area contributed by atoms with Crippen LogP contribution in [0.15, 0.2) is 54.6 Å². The molecule has 0 unspecified atom stereocenters. The number of aromatic nitrogens is 1. The van der Waals surface area contributed by atoms with E-state index in [0.717, 1.165) is 26.7 Å². The standard InChI is InChI=1S/C20H21N3OS/c1-14-8-6-7-11-17(14)19-23-15(2)18(25-19)13-22-20(24)21-12-16-9-4-3-5-10-16/h3-11H,12-13H2,1-2H3,(H2,21,22,24). The monoisotopic (exact) mass is 351 g/mol. The van der Waals surface area contributed by atoms with Gasteiger partial charge in [-0.15, -0.1) is 11.3 Å². The first kappa shape index (κ1) is 17.2. The normalized spacial score (nSPS) is 10.5. The van der Waals surface area contributed by atoms with Crippen molar-refractivity contribution in [3.05, 3.63) is 76.3 Å². The van der Waals surface area contributed by atoms with Gasteiger partial charge in [-0.05, 0) is 25.0 Å². The maximum absolute atomic E-state index is 12.0. The van der Waals surface area contributed by atoms with E-state index in [1.54, 1.807) is 11.3 Å². The maximum atomic E-state index is 12.0. The third-order valence-corrected chi connectivity index (χ3v) is 5.16. The molecule has 0 aliphatic rings. The Morgan fingerprint density at radius 3 is 2.40 bits per heavy atom. The van der Waals surface area contributed by atoms with Crippen LogP contribution in [0.1, 0.15) is 21.7 Å². The summed E-state index contributed by atoms with van der Waals surface area (Å²) in [7, 11) is 0. The highest BCUT2D eigenvalue weighted by Gasteiger charge is 2.11. The number of urea groups is 1. The summed E-state index contributed by atoms with van der Waals surface area (Å²) in [4.78, 5) is 17.7. The highest BCUT2D eigenvalue weighted by Crippen LogP contribution is 2.29. The van der Waals surface area contributed by atoms with Crippen molar-refractivity contribution in [3.63, 3.8) is 0 Å². The number of rotatable bonds is 5. The number of amides is 2. The van der Waals surface area contributed by atoms with Crippen LogP contribution in [0.2, 0.25) is 0 Å². The van der Waals surface area contributed by atoms with Crippen molar-refractivity contribution < 1.29 is 4.79 Å². The van der Waals surface area contributed by atoms with Crippen LogP contribution < -0.4 is 10.6 Å². The minimum absolute atomic E-state index is 0.172. The van der Waals surface area contributed by atoms with E-state index >= 15 is 0 Å². The molecule has 1 aromatic heterocycles. The Bertz CT molecular complexity index is 858. The minimum Gasteiger partial charge on any atom is -0.334 e. The van der Waals surface area contributed by atoms with Gasteiger partial charge in [0.25, 0.3) is 0 Å². The maximum Gasteiger partial charge on any atom is 0.315 e. The van der Waals surface area contributed by atoms with Gasteiger partial charge in [0.15, 0.2) is 0 Å². The largest absolute Gasteiger partial charge is 0.334 e. The Labute approximate surface area is 151 Å². The van der Waals surface area contributed by atoms with E-state index in [-0.39, 0.29) is 6.03 Å². The molecule has 0 aliphatic carbocycles. The average Bonchev–Trinajstić information content (AvgIpc) is 3.00. The Morgan fingerprint density at radius 2 is 1.64 bits per heavy atom. The second-order valence-electron chi connectivity index (χ2n) is 5.86. The predicted octanol–water partition coefficient (Wildman–Crippen LogP) is 4.43. The van der Waals surface area contributed by atoms with Gasteiger partial charge in [-0.2, -0.15) is 0 Å². The molecule has 0 saturated heterocycles. The smallest absolute Gasteiger partial charge is 0.315 e. The number of aryl methyl sites for hydroxylation is 2. The van der Waals surface area contributed by atoms with Crippen molar-refractivity contribution >= 4 is 17.4 Å². The molecule has 0 aliphatic heterocycles. The van der Waals surface area contributed by atoms with Crippen molar-refractivity contribution in [2.24, 2.45) is 0 Å². The topological polar surface area (TPSA) is 54.0 Å². The SMILES string of the molecule is Cc1ccccc1-c1nc(C)c(CNC(=O)NCc2ccccc2)s1. The van der Waals surface area contributed by atoms with Gasteiger partial charge in [0.05, 0.1) is 12.2 Å². The second-order valence-corrected chi connectivity index (χ2v) is 6.95. The van der Waals surface area contributed by atoms with E-state index in [2.05, 4.69) is 34.7 Å². The van der Waals surface area contributed by atoms with Gasteiger partial charge in [0.1, 0.15) is 5.01 Å². The van der Waals surface area contributed by atoms with Crippen LogP contribution >= 0.6 is 11.3 Å². The molecule has 3 rings (SSSR count). The molecule has 0 radical (unpaired) electrons. The summed E-state index contributed by atoms with van der Waals surface area (Å²) in [5.74, 6) is 0. The number of nitrogens with zero attached hydrogens (tertiary/aromatic N) is 1. The van der Waals surface area contributed by atoms with Gasteiger partial charge in [-0.3, -0.25) is 0 Å². The molecular weight excluding hydrogens is 330 g/mol. The predicted molar refractivity (Wildman–Crippen MR) is 103 cm³/mol. The Hall–Kier alpha value is -2.66. The van der Waals surface area contributed by atoms with Crippen molar-refractivity contribution in [1.29, 1.82) is 0 Å². The number of thiazole rings is 1. The molecular formula is C20H21N3OS. The fourth-order valence-corrected chi connectivity index (χ4v) is 3.61. The van der Waals surface area contributed by atoms with Gasteiger partial charge in [-0.25, -0.2) is 9.78 Å². The number of nitrogens with one attached hydrogen (secondary N) is 2. The molecule has 2 N–H and O–H groups in total. The highest BCUT2D eigenvalue weighted by molar-refractivity contribution is 7.15. The van der Waals surface area contributed by atoms with Crippen LogP contribution in [-0.2, 0) is 13.1 Å². The molecule has 25 heavy (non-hydrogen) atoms. The average molecular weight is 351 g/mol. The van der Waals surface area contributed by atoms with Crippen molar-refractivity contribution in [2.45, 2.75) is 26.9 Å². The number of benzene rings is 2. The third kappa shape index (κ3) is 4.45. The van der Waals surface area contributed by atoms with Crippen molar-refractivity contribution in [3.8, 4) is 10.6 Å². The van der Waals surface area contributed by atoms with E-state index < -0.39 is 0 Å². The summed E-state index contributed by atoms with van der Waals surface area (Å²) < 4.78 is 0. The lowest BCUT2D eigenvalue weighted by Gasteiger charge is -2.07. The van der Waals surface area contributed by atoms with Gasteiger partial charge in [0, 0.05) is 17.0 Å². The summed E-state index contributed by atoms with van der Waals surface area (Å²) in [6, 6.07) is 17.9. The molecule has 0 bridgehead atoms. The van der Waals surface area contributed by atoms with E-state index in [9.17, 15) is 4.79 Å². The van der Waals surface area contributed by atoms with Crippen LogP contribution in [0.3, 0.4) is 0 Å². The van der Waals surface area contributed by atoms with Crippen LogP contribution in [0.5, 0.6) is 0 Å². The third-order valence-electron chi connectivity index (χ3n) is 3.97. The quantitative estimate of drug-likeness (QED) is 0.715. The molecule has 2 aromatic carbocycles. The molecule has 1 heterocycles. The summed E-state index contributed by atoms with van der Waals surface area (Å²) in [5, 5.41) is 6.78. The second kappa shape index (κ2) is 7.94. The Kier molecular flexibility index (Phi) is 5.46. The molecule has 2 amide bonds. The zero-order valence-corrected chi connectivity index (χ0v) is 15.2. The van der Waals surface area contributed by atoms with Crippen LogP contribution in [0, 0.1) is 13.8 Å². The summed E-state index contributed by atoms with van der Waals surface area (Å²) in [6.07, 6.45) is 0. The molecule has 5 heteroatoms. The van der Waals surface area contributed by atoms with Gasteiger partial charge in [-0.1, -0.05) is 54.6 Å². The van der Waals surface area contributed by atoms with Crippen LogP contribution in [0.4, 0.5) is 4.79 Å². The molecule has 3 aromatic rings. The lowest BCUT2D eigenvalue weighted by atomic mass is 10.1. The number of carbonyl (C=O) groups excluding carboxylic acids is 1. The number of carbonyl (C=O) groups is 1. The summed E-state index contributed by atoms with van der Waals surface area (Å²) in [5.41, 5.74) is 4.40. The molecule has 4 nitrogen and oxygen atoms in total. The molecule has 0 saturated carbocycles. The zero-order valence-electron chi connectivity index (χ0n) is 14.4. The number of hydrogen-bond acceptors (Lipinski definition) is 3. The lowest BCUT2D eigenvalue weighted by molar-refractivity contribution is 0.240. The Balaban J connectivity index is 1.58. The molecule has 0 spiro atoms. The van der Waals surface area contributed by atoms with Crippen LogP contribution in [0.25, 0.3) is 10.6 Å². The van der Waals surface area contributed by atoms with Crippen LogP contribution in [-0.4, -0.2) is 11.0 Å². The highest BCUT2D eigenvalue weighted by atomic mass is 32.1. The first-order chi connectivity index (χ1) is 12.1. The van der Waals surface area contributed by atoms with E-state index in [1.165, 1.54) is 5.56 Å². The minimum atomic E-state index is -0.172. The molecule has 128 valence electrons. The van der Waals surface area contributed by atoms with E-state index in [0.29, 0.717) is 13.1 Å². The van der Waals surface area contributed by atoms with Crippen molar-refractivity contribution in [1.82, 2.24) is 15.6 Å². The Morgan fingerprint density at radius 1 is 0.960 bits per heavy atom. The van der Waals surface area contributed by atoms with E-state index in [1.807, 2.05) is 49.4 Å². The zero-order chi connectivity index (χ0) is 17.6. The fraction of sp³-hybridized carbons (Fsp3) is 0.200. The van der Waals surface area contributed by atoms with Gasteiger partial charge in [0.2, 0.25) is 0 Å². The summed E-state index contributed by atoms with van der Waals surface area (Å²) >= 11 is 1.63. The lowest BCUT2D eigenvalue weighted by Crippen LogP contribution is -2.34.